The van der Waals surface area contributed by atoms with Crippen molar-refractivity contribution in [2.45, 2.75) is 70.4 Å². The van der Waals surface area contributed by atoms with Gasteiger partial charge in [-0.15, -0.1) is 0 Å². The fourth-order valence-corrected chi connectivity index (χ4v) is 4.58. The number of ether oxygens (including phenoxy) is 1. The molecule has 0 aromatic carbocycles. The average Bonchev–Trinajstić information content (AvgIpc) is 3.01. The SMILES string of the molecule is CCC1(C)CN(CC2CCOC2)C(C2CCCCC2)CN1. The smallest absolute Gasteiger partial charge is 0.0507 e. The van der Waals surface area contributed by atoms with Gasteiger partial charge in [0.1, 0.15) is 0 Å². The summed E-state index contributed by atoms with van der Waals surface area (Å²) in [7, 11) is 0. The minimum absolute atomic E-state index is 0.310. The van der Waals surface area contributed by atoms with Crippen LogP contribution >= 0.6 is 0 Å². The lowest BCUT2D eigenvalue weighted by Crippen LogP contribution is -2.65. The van der Waals surface area contributed by atoms with Crippen LogP contribution in [0.5, 0.6) is 0 Å². The van der Waals surface area contributed by atoms with Crippen LogP contribution < -0.4 is 5.32 Å². The van der Waals surface area contributed by atoms with Crippen LogP contribution in [0.1, 0.15) is 58.8 Å². The number of piperazine rings is 1. The summed E-state index contributed by atoms with van der Waals surface area (Å²) in [6.45, 7) is 10.4. The van der Waals surface area contributed by atoms with E-state index in [1.54, 1.807) is 0 Å². The van der Waals surface area contributed by atoms with Crippen molar-refractivity contribution in [2.75, 3.05) is 32.8 Å². The lowest BCUT2D eigenvalue weighted by Gasteiger charge is -2.50. The first kappa shape index (κ1) is 15.8. The van der Waals surface area contributed by atoms with E-state index in [2.05, 4.69) is 24.1 Å². The first-order valence-electron chi connectivity index (χ1n) is 9.27. The third-order valence-corrected chi connectivity index (χ3v) is 6.25. The maximum Gasteiger partial charge on any atom is 0.0507 e. The summed E-state index contributed by atoms with van der Waals surface area (Å²) in [6.07, 6.45) is 9.75. The molecule has 3 aliphatic rings. The Balaban J connectivity index is 1.66. The van der Waals surface area contributed by atoms with E-state index in [4.69, 9.17) is 4.74 Å². The van der Waals surface area contributed by atoms with Crippen LogP contribution in [0.4, 0.5) is 0 Å². The van der Waals surface area contributed by atoms with E-state index in [-0.39, 0.29) is 0 Å². The second-order valence-electron chi connectivity index (χ2n) is 7.92. The molecule has 3 unspecified atom stereocenters. The summed E-state index contributed by atoms with van der Waals surface area (Å²) in [4.78, 5) is 2.84. The molecule has 0 spiro atoms. The fourth-order valence-electron chi connectivity index (χ4n) is 4.58. The molecule has 3 heteroatoms. The van der Waals surface area contributed by atoms with Crippen LogP contribution in [0.2, 0.25) is 0 Å². The average molecular weight is 294 g/mol. The van der Waals surface area contributed by atoms with Crippen molar-refractivity contribution in [3.63, 3.8) is 0 Å². The zero-order chi connectivity index (χ0) is 14.7. The molecule has 1 N–H and O–H groups in total. The molecule has 0 amide bonds. The molecular formula is C18H34N2O. The quantitative estimate of drug-likeness (QED) is 0.862. The van der Waals surface area contributed by atoms with Crippen molar-refractivity contribution in [1.82, 2.24) is 10.2 Å². The number of hydrogen-bond donors (Lipinski definition) is 1. The second kappa shape index (κ2) is 6.97. The monoisotopic (exact) mass is 294 g/mol. The van der Waals surface area contributed by atoms with Crippen LogP contribution in [0.25, 0.3) is 0 Å². The molecule has 1 saturated carbocycles. The summed E-state index contributed by atoms with van der Waals surface area (Å²) in [5.41, 5.74) is 0.310. The highest BCUT2D eigenvalue weighted by Crippen LogP contribution is 2.33. The standard InChI is InChI=1S/C18H34N2O/c1-3-18(2)14-20(12-15-9-10-21-13-15)17(11-19-18)16-7-5-4-6-8-16/h15-17,19H,3-14H2,1-2H3. The van der Waals surface area contributed by atoms with Crippen molar-refractivity contribution in [1.29, 1.82) is 0 Å². The predicted octanol–water partition coefficient (Wildman–Crippen LogP) is 3.05. The molecule has 0 bridgehead atoms. The first-order chi connectivity index (χ1) is 10.2. The Bertz CT molecular complexity index is 323. The topological polar surface area (TPSA) is 24.5 Å². The van der Waals surface area contributed by atoms with E-state index < -0.39 is 0 Å². The van der Waals surface area contributed by atoms with Crippen molar-refractivity contribution in [3.05, 3.63) is 0 Å². The number of nitrogens with one attached hydrogen (secondary N) is 1. The Kier molecular flexibility index (Phi) is 5.23. The van der Waals surface area contributed by atoms with Gasteiger partial charge in [-0.3, -0.25) is 4.90 Å². The van der Waals surface area contributed by atoms with Crippen LogP contribution in [-0.2, 0) is 4.74 Å². The van der Waals surface area contributed by atoms with Crippen LogP contribution in [0, 0.1) is 11.8 Å². The van der Waals surface area contributed by atoms with Gasteiger partial charge in [0.05, 0.1) is 6.61 Å². The van der Waals surface area contributed by atoms with E-state index in [1.807, 2.05) is 0 Å². The highest BCUT2D eigenvalue weighted by atomic mass is 16.5. The lowest BCUT2D eigenvalue weighted by molar-refractivity contribution is 0.0276. The van der Waals surface area contributed by atoms with Gasteiger partial charge in [0.25, 0.3) is 0 Å². The molecule has 2 aliphatic heterocycles. The molecule has 2 heterocycles. The summed E-state index contributed by atoms with van der Waals surface area (Å²) >= 11 is 0. The highest BCUT2D eigenvalue weighted by molar-refractivity contribution is 4.97. The van der Waals surface area contributed by atoms with Crippen molar-refractivity contribution >= 4 is 0 Å². The Morgan fingerprint density at radius 3 is 2.67 bits per heavy atom. The van der Waals surface area contributed by atoms with Gasteiger partial charge in [-0.05, 0) is 44.4 Å². The van der Waals surface area contributed by atoms with E-state index in [0.29, 0.717) is 5.54 Å². The van der Waals surface area contributed by atoms with E-state index in [9.17, 15) is 0 Å². The third kappa shape index (κ3) is 3.80. The van der Waals surface area contributed by atoms with Crippen molar-refractivity contribution in [2.24, 2.45) is 11.8 Å². The van der Waals surface area contributed by atoms with Crippen molar-refractivity contribution in [3.8, 4) is 0 Å². The van der Waals surface area contributed by atoms with Gasteiger partial charge < -0.3 is 10.1 Å². The van der Waals surface area contributed by atoms with Crippen molar-refractivity contribution < 1.29 is 4.74 Å². The van der Waals surface area contributed by atoms with Gasteiger partial charge in [-0.25, -0.2) is 0 Å². The van der Waals surface area contributed by atoms with Crippen LogP contribution in [0.3, 0.4) is 0 Å². The summed E-state index contributed by atoms with van der Waals surface area (Å²) in [5, 5.41) is 3.87. The molecule has 0 radical (unpaired) electrons. The lowest BCUT2D eigenvalue weighted by atomic mass is 9.80. The first-order valence-corrected chi connectivity index (χ1v) is 9.27. The third-order valence-electron chi connectivity index (χ3n) is 6.25. The minimum atomic E-state index is 0.310. The molecule has 21 heavy (non-hydrogen) atoms. The number of nitrogens with zero attached hydrogens (tertiary/aromatic N) is 1. The Hall–Kier alpha value is -0.120. The highest BCUT2D eigenvalue weighted by Gasteiger charge is 2.39. The maximum absolute atomic E-state index is 5.62. The van der Waals surface area contributed by atoms with Gasteiger partial charge in [-0.2, -0.15) is 0 Å². The molecule has 122 valence electrons. The number of hydrogen-bond acceptors (Lipinski definition) is 3. The predicted molar refractivity (Wildman–Crippen MR) is 87.6 cm³/mol. The molecule has 3 atom stereocenters. The van der Waals surface area contributed by atoms with Gasteiger partial charge in [0, 0.05) is 37.8 Å². The van der Waals surface area contributed by atoms with Gasteiger partial charge in [-0.1, -0.05) is 26.2 Å². The largest absolute Gasteiger partial charge is 0.381 e. The van der Waals surface area contributed by atoms with Crippen LogP contribution in [-0.4, -0.2) is 49.3 Å². The zero-order valence-corrected chi connectivity index (χ0v) is 14.1. The molecule has 0 aromatic rings. The van der Waals surface area contributed by atoms with Gasteiger partial charge in [0.2, 0.25) is 0 Å². The Morgan fingerprint density at radius 1 is 1.19 bits per heavy atom. The Labute approximate surface area is 130 Å². The minimum Gasteiger partial charge on any atom is -0.381 e. The molecule has 2 saturated heterocycles. The molecule has 3 nitrogen and oxygen atoms in total. The van der Waals surface area contributed by atoms with E-state index in [0.717, 1.165) is 31.1 Å². The van der Waals surface area contributed by atoms with E-state index in [1.165, 1.54) is 64.6 Å². The normalized spacial score (nSPS) is 39.7. The number of rotatable bonds is 4. The summed E-state index contributed by atoms with van der Waals surface area (Å²) in [6, 6.07) is 0.769. The zero-order valence-electron chi connectivity index (χ0n) is 14.1. The maximum atomic E-state index is 5.62. The molecule has 3 fully saturated rings. The molecular weight excluding hydrogens is 260 g/mol. The van der Waals surface area contributed by atoms with Gasteiger partial charge >= 0.3 is 0 Å². The second-order valence-corrected chi connectivity index (χ2v) is 7.92. The molecule has 0 aromatic heterocycles. The summed E-state index contributed by atoms with van der Waals surface area (Å²) < 4.78 is 5.62. The fraction of sp³-hybridized carbons (Fsp3) is 1.00. The Morgan fingerprint density at radius 2 is 2.00 bits per heavy atom. The summed E-state index contributed by atoms with van der Waals surface area (Å²) in [5.74, 6) is 1.70. The molecule has 1 aliphatic carbocycles. The van der Waals surface area contributed by atoms with E-state index >= 15 is 0 Å². The van der Waals surface area contributed by atoms with Crippen LogP contribution in [0.15, 0.2) is 0 Å². The molecule has 3 rings (SSSR count). The van der Waals surface area contributed by atoms with Gasteiger partial charge in [0.15, 0.2) is 0 Å².